The average Bonchev–Trinajstić information content (AvgIpc) is 2.64. The first-order valence-corrected chi connectivity index (χ1v) is 9.68. The summed E-state index contributed by atoms with van der Waals surface area (Å²) in [7, 11) is 0. The second kappa shape index (κ2) is 8.81. The van der Waals surface area contributed by atoms with Crippen LogP contribution in [-0.4, -0.2) is 65.3 Å². The van der Waals surface area contributed by atoms with Gasteiger partial charge in [0.05, 0.1) is 19.3 Å². The van der Waals surface area contributed by atoms with Gasteiger partial charge in [0.15, 0.2) is 0 Å². The quantitative estimate of drug-likeness (QED) is 0.633. The molecule has 1 heterocycles. The molecule has 6 nitrogen and oxygen atoms in total. The predicted octanol–water partition coefficient (Wildman–Crippen LogP) is 2.68. The minimum Gasteiger partial charge on any atom is -0.475 e. The predicted molar refractivity (Wildman–Crippen MR) is 93.0 cm³/mol. The first kappa shape index (κ1) is 17.7. The van der Waals surface area contributed by atoms with E-state index in [9.17, 15) is 9.90 Å². The van der Waals surface area contributed by atoms with Crippen LogP contribution in [0, 0.1) is 0 Å². The van der Waals surface area contributed by atoms with Crippen molar-refractivity contribution in [3.8, 4) is 0 Å². The van der Waals surface area contributed by atoms with Gasteiger partial charge in [0.1, 0.15) is 0 Å². The van der Waals surface area contributed by atoms with Crippen LogP contribution < -0.4 is 0 Å². The second-order valence-corrected chi connectivity index (χ2v) is 7.25. The lowest BCUT2D eigenvalue weighted by Gasteiger charge is -2.44. The molecule has 3 rings (SSSR count). The monoisotopic (exact) mass is 337 g/mol. The van der Waals surface area contributed by atoms with Crippen LogP contribution in [0.3, 0.4) is 0 Å². The molecule has 0 amide bonds. The van der Waals surface area contributed by atoms with Gasteiger partial charge in [0.2, 0.25) is 5.84 Å². The molecule has 0 bridgehead atoms. The number of nitrogens with zero attached hydrogens (tertiary/aromatic N) is 3. The van der Waals surface area contributed by atoms with E-state index < -0.39 is 5.97 Å². The Balaban J connectivity index is 1.83. The van der Waals surface area contributed by atoms with Crippen molar-refractivity contribution in [2.75, 3.05) is 26.3 Å². The van der Waals surface area contributed by atoms with Crippen LogP contribution in [-0.2, 0) is 9.53 Å². The highest BCUT2D eigenvalue weighted by Gasteiger charge is 2.34. The van der Waals surface area contributed by atoms with E-state index in [-0.39, 0.29) is 17.9 Å². The molecular formula is C18H31N3O3. The summed E-state index contributed by atoms with van der Waals surface area (Å²) < 4.78 is 5.47. The smallest absolute Gasteiger partial charge is 0.372 e. The molecule has 3 aliphatic rings. The van der Waals surface area contributed by atoms with E-state index in [2.05, 4.69) is 5.01 Å². The number of ether oxygens (including phenoxy) is 1. The first-order chi connectivity index (χ1) is 11.8. The summed E-state index contributed by atoms with van der Waals surface area (Å²) in [5, 5.41) is 14.1. The SMILES string of the molecule is O=C(O)C(=NC1CCCCC1)N(C1CCCCC1)N1CCOCC1. The maximum absolute atomic E-state index is 12.1. The van der Waals surface area contributed by atoms with E-state index in [1.165, 1.54) is 38.5 Å². The standard InChI is InChI=1S/C18H31N3O3/c22-18(23)17(19-15-7-3-1-4-8-15)21(16-9-5-2-6-10-16)20-11-13-24-14-12-20/h15-16H,1-14H2,(H,22,23). The summed E-state index contributed by atoms with van der Waals surface area (Å²) in [5.74, 6) is -0.603. The molecule has 0 aromatic carbocycles. The Labute approximate surface area is 144 Å². The number of aliphatic imine (C=N–C) groups is 1. The van der Waals surface area contributed by atoms with Crippen LogP contribution in [0.1, 0.15) is 64.2 Å². The van der Waals surface area contributed by atoms with E-state index >= 15 is 0 Å². The highest BCUT2D eigenvalue weighted by atomic mass is 16.5. The van der Waals surface area contributed by atoms with Gasteiger partial charge in [-0.05, 0) is 25.7 Å². The topological polar surface area (TPSA) is 65.4 Å². The lowest BCUT2D eigenvalue weighted by atomic mass is 9.94. The number of carboxylic acid groups (broad SMARTS) is 1. The Hall–Kier alpha value is -1.14. The van der Waals surface area contributed by atoms with E-state index in [1.54, 1.807) is 0 Å². The van der Waals surface area contributed by atoms with E-state index in [4.69, 9.17) is 9.73 Å². The van der Waals surface area contributed by atoms with Crippen LogP contribution in [0.5, 0.6) is 0 Å². The molecule has 1 N–H and O–H groups in total. The molecule has 3 fully saturated rings. The lowest BCUT2D eigenvalue weighted by molar-refractivity contribution is -0.134. The van der Waals surface area contributed by atoms with Crippen molar-refractivity contribution in [1.29, 1.82) is 0 Å². The zero-order valence-electron chi connectivity index (χ0n) is 14.7. The van der Waals surface area contributed by atoms with Crippen molar-refractivity contribution in [2.24, 2.45) is 4.99 Å². The highest BCUT2D eigenvalue weighted by molar-refractivity contribution is 6.34. The number of amidine groups is 1. The minimum atomic E-state index is -0.877. The molecule has 0 unspecified atom stereocenters. The number of hydrogen-bond donors (Lipinski definition) is 1. The lowest BCUT2D eigenvalue weighted by Crippen LogP contribution is -2.58. The second-order valence-electron chi connectivity index (χ2n) is 7.25. The van der Waals surface area contributed by atoms with Crippen molar-refractivity contribution in [3.63, 3.8) is 0 Å². The normalized spacial score (nSPS) is 25.6. The van der Waals surface area contributed by atoms with Gasteiger partial charge in [-0.15, -0.1) is 0 Å². The first-order valence-electron chi connectivity index (χ1n) is 9.68. The Morgan fingerprint density at radius 1 is 0.958 bits per heavy atom. The fraction of sp³-hybridized carbons (Fsp3) is 0.889. The third-order valence-corrected chi connectivity index (χ3v) is 5.50. The zero-order chi connectivity index (χ0) is 16.8. The Morgan fingerprint density at radius 3 is 2.12 bits per heavy atom. The summed E-state index contributed by atoms with van der Waals surface area (Å²) >= 11 is 0. The molecule has 24 heavy (non-hydrogen) atoms. The van der Waals surface area contributed by atoms with Gasteiger partial charge in [0, 0.05) is 19.1 Å². The number of morpholine rings is 1. The molecule has 0 aromatic heterocycles. The Bertz CT molecular complexity index is 419. The summed E-state index contributed by atoms with van der Waals surface area (Å²) in [5.41, 5.74) is 0. The molecule has 1 aliphatic heterocycles. The minimum absolute atomic E-state index is 0.178. The largest absolute Gasteiger partial charge is 0.475 e. The summed E-state index contributed by atoms with van der Waals surface area (Å²) in [6.07, 6.45) is 11.4. The number of carboxylic acids is 1. The third-order valence-electron chi connectivity index (χ3n) is 5.50. The molecule has 2 saturated carbocycles. The van der Waals surface area contributed by atoms with Gasteiger partial charge in [-0.25, -0.2) is 9.80 Å². The van der Waals surface area contributed by atoms with Crippen LogP contribution in [0.15, 0.2) is 4.99 Å². The van der Waals surface area contributed by atoms with Crippen molar-refractivity contribution < 1.29 is 14.6 Å². The van der Waals surface area contributed by atoms with Crippen molar-refractivity contribution in [3.05, 3.63) is 0 Å². The summed E-state index contributed by atoms with van der Waals surface area (Å²) in [4.78, 5) is 16.8. The number of aliphatic carboxylic acids is 1. The van der Waals surface area contributed by atoms with Gasteiger partial charge in [-0.1, -0.05) is 38.5 Å². The molecule has 0 radical (unpaired) electrons. The summed E-state index contributed by atoms with van der Waals surface area (Å²) in [6.45, 7) is 2.85. The molecule has 0 spiro atoms. The maximum Gasteiger partial charge on any atom is 0.372 e. The molecule has 136 valence electrons. The number of hydrogen-bond acceptors (Lipinski definition) is 4. The maximum atomic E-state index is 12.1. The van der Waals surface area contributed by atoms with Crippen LogP contribution in [0.4, 0.5) is 0 Å². The summed E-state index contributed by atoms with van der Waals surface area (Å²) in [6, 6.07) is 0.451. The molecule has 1 saturated heterocycles. The molecule has 6 heteroatoms. The number of rotatable bonds is 3. The fourth-order valence-corrected chi connectivity index (χ4v) is 4.23. The van der Waals surface area contributed by atoms with Crippen molar-refractivity contribution >= 4 is 11.8 Å². The highest BCUT2D eigenvalue weighted by Crippen LogP contribution is 2.26. The van der Waals surface area contributed by atoms with Crippen molar-refractivity contribution in [2.45, 2.75) is 76.3 Å². The van der Waals surface area contributed by atoms with Crippen LogP contribution in [0.2, 0.25) is 0 Å². The fourth-order valence-electron chi connectivity index (χ4n) is 4.23. The third kappa shape index (κ3) is 4.48. The van der Waals surface area contributed by atoms with Gasteiger partial charge >= 0.3 is 5.97 Å². The van der Waals surface area contributed by atoms with Gasteiger partial charge in [-0.3, -0.25) is 10.0 Å². The average molecular weight is 337 g/mol. The van der Waals surface area contributed by atoms with Gasteiger partial charge in [-0.2, -0.15) is 0 Å². The van der Waals surface area contributed by atoms with Crippen LogP contribution >= 0.6 is 0 Å². The molecule has 0 aromatic rings. The number of carbonyl (C=O) groups is 1. The Morgan fingerprint density at radius 2 is 1.54 bits per heavy atom. The van der Waals surface area contributed by atoms with Gasteiger partial charge < -0.3 is 9.84 Å². The van der Waals surface area contributed by atoms with E-state index in [0.717, 1.165) is 38.8 Å². The molecule has 2 aliphatic carbocycles. The van der Waals surface area contributed by atoms with E-state index in [0.29, 0.717) is 13.2 Å². The Kier molecular flexibility index (Phi) is 6.49. The molecular weight excluding hydrogens is 306 g/mol. The van der Waals surface area contributed by atoms with E-state index in [1.807, 2.05) is 5.01 Å². The van der Waals surface area contributed by atoms with Crippen LogP contribution in [0.25, 0.3) is 0 Å². The van der Waals surface area contributed by atoms with Crippen molar-refractivity contribution in [1.82, 2.24) is 10.0 Å². The zero-order valence-corrected chi connectivity index (χ0v) is 14.7. The molecule has 0 atom stereocenters. The number of hydrazine groups is 1. The van der Waals surface area contributed by atoms with Gasteiger partial charge in [0.25, 0.3) is 0 Å².